The second-order valence-corrected chi connectivity index (χ2v) is 4.23. The van der Waals surface area contributed by atoms with E-state index in [1.54, 1.807) is 13.0 Å². The maximum Gasteiger partial charge on any atom is 0.323 e. The summed E-state index contributed by atoms with van der Waals surface area (Å²) in [5.74, 6) is -0.732. The molecule has 0 fully saturated rings. The second-order valence-electron chi connectivity index (χ2n) is 4.23. The Morgan fingerprint density at radius 1 is 1.47 bits per heavy atom. The topological polar surface area (TPSA) is 78.9 Å². The average Bonchev–Trinajstić information content (AvgIpc) is 2.43. The molecule has 1 aromatic rings. The van der Waals surface area contributed by atoms with Crippen molar-refractivity contribution in [1.29, 1.82) is 0 Å². The zero-order valence-electron chi connectivity index (χ0n) is 10.6. The van der Waals surface area contributed by atoms with Gasteiger partial charge in [-0.15, -0.1) is 0 Å². The lowest BCUT2D eigenvalue weighted by atomic mass is 10.2. The lowest BCUT2D eigenvalue weighted by Crippen LogP contribution is -2.48. The molecule has 19 heavy (non-hydrogen) atoms. The third kappa shape index (κ3) is 2.96. The number of rotatable bonds is 4. The number of carbonyl (C=O) groups excluding carboxylic acids is 1. The Morgan fingerprint density at radius 2 is 2.21 bits per heavy atom. The van der Waals surface area contributed by atoms with E-state index in [-0.39, 0.29) is 12.5 Å². The van der Waals surface area contributed by atoms with Crippen LogP contribution in [0.5, 0.6) is 5.75 Å². The van der Waals surface area contributed by atoms with Crippen LogP contribution in [0.15, 0.2) is 24.3 Å². The van der Waals surface area contributed by atoms with Crippen LogP contribution in [-0.4, -0.2) is 47.6 Å². The maximum absolute atomic E-state index is 12.2. The number of hydrogen-bond acceptors (Lipinski definition) is 4. The molecule has 102 valence electrons. The van der Waals surface area contributed by atoms with Crippen LogP contribution in [0.3, 0.4) is 0 Å². The number of amides is 1. The van der Waals surface area contributed by atoms with Crippen molar-refractivity contribution in [3.05, 3.63) is 24.3 Å². The van der Waals surface area contributed by atoms with Gasteiger partial charge in [0.05, 0.1) is 12.2 Å². The first kappa shape index (κ1) is 13.2. The average molecular weight is 264 g/mol. The fraction of sp³-hybridized carbons (Fsp3) is 0.385. The van der Waals surface area contributed by atoms with Crippen molar-refractivity contribution >= 4 is 17.6 Å². The molecule has 6 nitrogen and oxygen atoms in total. The van der Waals surface area contributed by atoms with E-state index < -0.39 is 12.1 Å². The van der Waals surface area contributed by atoms with E-state index in [2.05, 4.69) is 5.32 Å². The van der Waals surface area contributed by atoms with Crippen molar-refractivity contribution < 1.29 is 19.4 Å². The van der Waals surface area contributed by atoms with Crippen molar-refractivity contribution in [1.82, 2.24) is 4.90 Å². The molecule has 0 spiro atoms. The van der Waals surface area contributed by atoms with E-state index in [4.69, 9.17) is 9.84 Å². The number of carbonyl (C=O) groups is 2. The van der Waals surface area contributed by atoms with Crippen LogP contribution in [0.2, 0.25) is 0 Å². The molecule has 0 aliphatic carbocycles. The molecule has 1 unspecified atom stereocenters. The van der Waals surface area contributed by atoms with Gasteiger partial charge >= 0.3 is 5.97 Å². The lowest BCUT2D eigenvalue weighted by Gasteiger charge is -2.30. The van der Waals surface area contributed by atoms with Crippen LogP contribution < -0.4 is 10.1 Å². The fourth-order valence-electron chi connectivity index (χ4n) is 1.96. The van der Waals surface area contributed by atoms with Crippen molar-refractivity contribution in [2.75, 3.05) is 25.0 Å². The largest absolute Gasteiger partial charge is 0.480 e. The smallest absolute Gasteiger partial charge is 0.323 e. The minimum atomic E-state index is -1.03. The van der Waals surface area contributed by atoms with Gasteiger partial charge in [-0.25, -0.2) is 0 Å². The molecule has 1 aliphatic heterocycles. The summed E-state index contributed by atoms with van der Waals surface area (Å²) >= 11 is 0. The molecule has 1 heterocycles. The first-order chi connectivity index (χ1) is 9.11. The molecule has 6 heteroatoms. The van der Waals surface area contributed by atoms with E-state index >= 15 is 0 Å². The van der Waals surface area contributed by atoms with Gasteiger partial charge in [0.25, 0.3) is 5.91 Å². The highest BCUT2D eigenvalue weighted by Crippen LogP contribution is 2.28. The minimum absolute atomic E-state index is 0.309. The first-order valence-corrected chi connectivity index (χ1v) is 6.12. The summed E-state index contributed by atoms with van der Waals surface area (Å²) in [4.78, 5) is 24.1. The van der Waals surface area contributed by atoms with Crippen LogP contribution in [0.25, 0.3) is 0 Å². The summed E-state index contributed by atoms with van der Waals surface area (Å²) in [5, 5.41) is 11.9. The molecule has 1 aliphatic rings. The molecule has 0 radical (unpaired) electrons. The van der Waals surface area contributed by atoms with E-state index in [1.165, 1.54) is 4.90 Å². The molecule has 1 atom stereocenters. The number of likely N-dealkylation sites (N-methyl/N-ethyl adjacent to an activating group) is 1. The monoisotopic (exact) mass is 264 g/mol. The van der Waals surface area contributed by atoms with Crippen LogP contribution in [0.4, 0.5) is 5.69 Å². The van der Waals surface area contributed by atoms with Gasteiger partial charge in [-0.3, -0.25) is 9.59 Å². The van der Waals surface area contributed by atoms with E-state index in [1.807, 2.05) is 18.2 Å². The van der Waals surface area contributed by atoms with Gasteiger partial charge in [0.15, 0.2) is 6.10 Å². The number of ether oxygens (including phenoxy) is 1. The number of anilines is 1. The Hall–Kier alpha value is -2.24. The highest BCUT2D eigenvalue weighted by molar-refractivity contribution is 5.86. The Labute approximate surface area is 111 Å². The fourth-order valence-corrected chi connectivity index (χ4v) is 1.96. The molecule has 2 N–H and O–H groups in total. The summed E-state index contributed by atoms with van der Waals surface area (Å²) in [6, 6.07) is 7.34. The SMILES string of the molecule is CCN(CC(=O)O)C(=O)C1CNc2ccccc2O1. The first-order valence-electron chi connectivity index (χ1n) is 6.12. The van der Waals surface area contributed by atoms with E-state index in [0.29, 0.717) is 18.8 Å². The number of hydrogen-bond donors (Lipinski definition) is 2. The van der Waals surface area contributed by atoms with Gasteiger partial charge in [0.2, 0.25) is 0 Å². The number of aliphatic carboxylic acids is 1. The molecule has 2 rings (SSSR count). The van der Waals surface area contributed by atoms with Gasteiger partial charge in [-0.05, 0) is 19.1 Å². The minimum Gasteiger partial charge on any atom is -0.480 e. The second kappa shape index (κ2) is 5.60. The van der Waals surface area contributed by atoms with Gasteiger partial charge < -0.3 is 20.1 Å². The number of carboxylic acid groups (broad SMARTS) is 1. The summed E-state index contributed by atoms with van der Waals surface area (Å²) in [5.41, 5.74) is 0.841. The van der Waals surface area contributed by atoms with Crippen molar-refractivity contribution in [3.63, 3.8) is 0 Å². The molecule has 0 saturated heterocycles. The maximum atomic E-state index is 12.2. The van der Waals surface area contributed by atoms with E-state index in [9.17, 15) is 9.59 Å². The number of nitrogens with one attached hydrogen (secondary N) is 1. The molecule has 0 saturated carbocycles. The van der Waals surface area contributed by atoms with Crippen LogP contribution in [0.1, 0.15) is 6.92 Å². The van der Waals surface area contributed by atoms with Crippen LogP contribution in [0, 0.1) is 0 Å². The summed E-state index contributed by atoms with van der Waals surface area (Å²) < 4.78 is 5.61. The van der Waals surface area contributed by atoms with Crippen molar-refractivity contribution in [3.8, 4) is 5.75 Å². The summed E-state index contributed by atoms with van der Waals surface area (Å²) in [7, 11) is 0. The predicted molar refractivity (Wildman–Crippen MR) is 69.2 cm³/mol. The molecular formula is C13H16N2O4. The Morgan fingerprint density at radius 3 is 2.89 bits per heavy atom. The Balaban J connectivity index is 2.07. The number of carboxylic acids is 1. The summed E-state index contributed by atoms with van der Waals surface area (Å²) in [6.07, 6.45) is -0.686. The Kier molecular flexibility index (Phi) is 3.89. The lowest BCUT2D eigenvalue weighted by molar-refractivity contribution is -0.147. The molecule has 0 aromatic heterocycles. The zero-order valence-corrected chi connectivity index (χ0v) is 10.6. The molecular weight excluding hydrogens is 248 g/mol. The highest BCUT2D eigenvalue weighted by Gasteiger charge is 2.29. The van der Waals surface area contributed by atoms with Crippen LogP contribution in [-0.2, 0) is 9.59 Å². The van der Waals surface area contributed by atoms with Crippen molar-refractivity contribution in [2.45, 2.75) is 13.0 Å². The van der Waals surface area contributed by atoms with Gasteiger partial charge in [-0.2, -0.15) is 0 Å². The van der Waals surface area contributed by atoms with Gasteiger partial charge in [0, 0.05) is 6.54 Å². The predicted octanol–water partition coefficient (Wildman–Crippen LogP) is 0.793. The number of fused-ring (bicyclic) bond motifs is 1. The third-order valence-electron chi connectivity index (χ3n) is 2.93. The van der Waals surface area contributed by atoms with E-state index in [0.717, 1.165) is 5.69 Å². The summed E-state index contributed by atoms with van der Waals surface area (Å²) in [6.45, 7) is 2.11. The molecule has 0 bridgehead atoms. The normalized spacial score (nSPS) is 16.8. The third-order valence-corrected chi connectivity index (χ3v) is 2.93. The molecule has 1 amide bonds. The quantitative estimate of drug-likeness (QED) is 0.840. The van der Waals surface area contributed by atoms with Crippen molar-refractivity contribution in [2.24, 2.45) is 0 Å². The highest BCUT2D eigenvalue weighted by atomic mass is 16.5. The standard InChI is InChI=1S/C13H16N2O4/c1-2-15(8-12(16)17)13(18)11-7-14-9-5-3-4-6-10(9)19-11/h3-6,11,14H,2,7-8H2,1H3,(H,16,17). The Bertz CT molecular complexity index is 489. The number of para-hydroxylation sites is 2. The zero-order chi connectivity index (χ0) is 13.8. The number of nitrogens with zero attached hydrogens (tertiary/aromatic N) is 1. The number of benzene rings is 1. The van der Waals surface area contributed by atoms with Crippen LogP contribution >= 0.6 is 0 Å². The van der Waals surface area contributed by atoms with Gasteiger partial charge in [0.1, 0.15) is 12.3 Å². The van der Waals surface area contributed by atoms with Gasteiger partial charge in [-0.1, -0.05) is 12.1 Å². The molecule has 1 aromatic carbocycles.